The summed E-state index contributed by atoms with van der Waals surface area (Å²) in [5.74, 6) is -0.217. The minimum atomic E-state index is -4.39. The van der Waals surface area contributed by atoms with Gasteiger partial charge in [-0.1, -0.05) is 13.3 Å². The number of benzene rings is 1. The summed E-state index contributed by atoms with van der Waals surface area (Å²) in [6, 6.07) is 5.00. The standard InChI is InChI=1S/C18H23F3N2O2/c1-2-3-15-11-25-12-16-10-22(8-9-23(15)16)17(24)13-4-6-14(7-5-13)18(19,20)21/h4-7,15-16H,2-3,8-12H2,1H3/t15-,16+/m0/s1. The maximum absolute atomic E-state index is 12.6. The van der Waals surface area contributed by atoms with Crippen molar-refractivity contribution in [3.8, 4) is 0 Å². The molecule has 0 aliphatic carbocycles. The van der Waals surface area contributed by atoms with Crippen LogP contribution in [0.1, 0.15) is 35.7 Å². The van der Waals surface area contributed by atoms with E-state index in [0.717, 1.165) is 38.1 Å². The Balaban J connectivity index is 1.66. The molecule has 0 aromatic heterocycles. The molecular formula is C18H23F3N2O2. The second-order valence-electron chi connectivity index (χ2n) is 6.70. The zero-order valence-corrected chi connectivity index (χ0v) is 14.3. The number of amides is 1. The fourth-order valence-electron chi connectivity index (χ4n) is 3.69. The van der Waals surface area contributed by atoms with E-state index in [1.165, 1.54) is 12.1 Å². The molecule has 2 aliphatic heterocycles. The lowest BCUT2D eigenvalue weighted by molar-refractivity contribution is -0.137. The van der Waals surface area contributed by atoms with Crippen LogP contribution in [-0.4, -0.2) is 60.6 Å². The molecule has 0 N–H and O–H groups in total. The van der Waals surface area contributed by atoms with E-state index in [4.69, 9.17) is 4.74 Å². The summed E-state index contributed by atoms with van der Waals surface area (Å²) in [6.45, 7) is 5.41. The van der Waals surface area contributed by atoms with E-state index in [1.807, 2.05) is 0 Å². The van der Waals surface area contributed by atoms with Crippen LogP contribution >= 0.6 is 0 Å². The first kappa shape index (κ1) is 18.2. The molecule has 2 heterocycles. The summed E-state index contributed by atoms with van der Waals surface area (Å²) < 4.78 is 43.6. The number of alkyl halides is 3. The molecule has 0 bridgehead atoms. The number of fused-ring (bicyclic) bond motifs is 1. The van der Waals surface area contributed by atoms with Crippen LogP contribution in [0.25, 0.3) is 0 Å². The number of halogens is 3. The highest BCUT2D eigenvalue weighted by Crippen LogP contribution is 2.29. The van der Waals surface area contributed by atoms with Crippen LogP contribution in [0.5, 0.6) is 0 Å². The summed E-state index contributed by atoms with van der Waals surface area (Å²) >= 11 is 0. The van der Waals surface area contributed by atoms with Gasteiger partial charge in [0.05, 0.1) is 24.8 Å². The highest BCUT2D eigenvalue weighted by atomic mass is 19.4. The number of rotatable bonds is 3. The minimum absolute atomic E-state index is 0.164. The van der Waals surface area contributed by atoms with Crippen molar-refractivity contribution in [2.45, 2.75) is 38.0 Å². The summed E-state index contributed by atoms with van der Waals surface area (Å²) in [5, 5.41) is 0. The molecule has 2 aliphatic rings. The van der Waals surface area contributed by atoms with Crippen molar-refractivity contribution in [2.24, 2.45) is 0 Å². The zero-order chi connectivity index (χ0) is 18.0. The molecule has 0 spiro atoms. The van der Waals surface area contributed by atoms with E-state index in [1.54, 1.807) is 4.90 Å². The first-order chi connectivity index (χ1) is 11.9. The predicted octanol–water partition coefficient (Wildman–Crippen LogP) is 3.03. The molecule has 3 rings (SSSR count). The van der Waals surface area contributed by atoms with Crippen LogP contribution in [0.3, 0.4) is 0 Å². The number of carbonyl (C=O) groups is 1. The molecule has 4 nitrogen and oxygen atoms in total. The van der Waals surface area contributed by atoms with Gasteiger partial charge >= 0.3 is 6.18 Å². The molecule has 1 aromatic rings. The highest BCUT2D eigenvalue weighted by molar-refractivity contribution is 5.94. The van der Waals surface area contributed by atoms with Crippen molar-refractivity contribution in [3.05, 3.63) is 35.4 Å². The SMILES string of the molecule is CCC[C@H]1COC[C@H]2CN(C(=O)c3ccc(C(F)(F)F)cc3)CCN12. The number of nitrogens with zero attached hydrogens (tertiary/aromatic N) is 2. The quantitative estimate of drug-likeness (QED) is 0.835. The van der Waals surface area contributed by atoms with Crippen LogP contribution < -0.4 is 0 Å². The minimum Gasteiger partial charge on any atom is -0.378 e. The average molecular weight is 356 g/mol. The average Bonchev–Trinajstić information content (AvgIpc) is 2.60. The van der Waals surface area contributed by atoms with Crippen molar-refractivity contribution < 1.29 is 22.7 Å². The van der Waals surface area contributed by atoms with Crippen molar-refractivity contribution in [3.63, 3.8) is 0 Å². The maximum Gasteiger partial charge on any atom is 0.416 e. The molecule has 0 saturated carbocycles. The molecule has 2 atom stereocenters. The van der Waals surface area contributed by atoms with E-state index in [-0.39, 0.29) is 11.9 Å². The van der Waals surface area contributed by atoms with Crippen LogP contribution in [0.2, 0.25) is 0 Å². The van der Waals surface area contributed by atoms with Crippen LogP contribution in [0, 0.1) is 0 Å². The summed E-state index contributed by atoms with van der Waals surface area (Å²) in [5.41, 5.74) is -0.444. The Kier molecular flexibility index (Phi) is 5.34. The van der Waals surface area contributed by atoms with Gasteiger partial charge in [0.25, 0.3) is 5.91 Å². The number of hydrogen-bond donors (Lipinski definition) is 0. The molecule has 0 unspecified atom stereocenters. The highest BCUT2D eigenvalue weighted by Gasteiger charge is 2.37. The Bertz CT molecular complexity index is 601. The number of morpholine rings is 1. The largest absolute Gasteiger partial charge is 0.416 e. The first-order valence-electron chi connectivity index (χ1n) is 8.70. The van der Waals surface area contributed by atoms with E-state index < -0.39 is 11.7 Å². The lowest BCUT2D eigenvalue weighted by Crippen LogP contribution is -2.62. The zero-order valence-electron chi connectivity index (χ0n) is 14.3. The van der Waals surface area contributed by atoms with Gasteiger partial charge in [-0.15, -0.1) is 0 Å². The normalized spacial score (nSPS) is 24.9. The van der Waals surface area contributed by atoms with Crippen molar-refractivity contribution >= 4 is 5.91 Å². The summed E-state index contributed by atoms with van der Waals surface area (Å²) in [4.78, 5) is 16.8. The van der Waals surface area contributed by atoms with Crippen LogP contribution in [-0.2, 0) is 10.9 Å². The monoisotopic (exact) mass is 356 g/mol. The van der Waals surface area contributed by atoms with Gasteiger partial charge in [-0.05, 0) is 30.7 Å². The van der Waals surface area contributed by atoms with Crippen LogP contribution in [0.15, 0.2) is 24.3 Å². The van der Waals surface area contributed by atoms with Gasteiger partial charge in [-0.3, -0.25) is 9.69 Å². The molecule has 138 valence electrons. The van der Waals surface area contributed by atoms with E-state index in [0.29, 0.717) is 31.3 Å². The number of hydrogen-bond acceptors (Lipinski definition) is 3. The molecule has 2 fully saturated rings. The Labute approximate surface area is 145 Å². The molecular weight excluding hydrogens is 333 g/mol. The Morgan fingerprint density at radius 3 is 2.56 bits per heavy atom. The Hall–Kier alpha value is -1.60. The number of piperazine rings is 1. The second-order valence-corrected chi connectivity index (χ2v) is 6.70. The molecule has 25 heavy (non-hydrogen) atoms. The Morgan fingerprint density at radius 2 is 1.92 bits per heavy atom. The number of ether oxygens (including phenoxy) is 1. The third-order valence-corrected chi connectivity index (χ3v) is 4.99. The van der Waals surface area contributed by atoms with Crippen LogP contribution in [0.4, 0.5) is 13.2 Å². The molecule has 1 amide bonds. The summed E-state index contributed by atoms with van der Waals surface area (Å²) in [6.07, 6.45) is -2.23. The fraction of sp³-hybridized carbons (Fsp3) is 0.611. The van der Waals surface area contributed by atoms with Gasteiger partial charge < -0.3 is 9.64 Å². The van der Waals surface area contributed by atoms with Gasteiger partial charge in [-0.2, -0.15) is 13.2 Å². The van der Waals surface area contributed by atoms with Crippen molar-refractivity contribution in [1.82, 2.24) is 9.80 Å². The second kappa shape index (κ2) is 7.33. The lowest BCUT2D eigenvalue weighted by atomic mass is 10.0. The van der Waals surface area contributed by atoms with Gasteiger partial charge in [0.15, 0.2) is 0 Å². The summed E-state index contributed by atoms with van der Waals surface area (Å²) in [7, 11) is 0. The van der Waals surface area contributed by atoms with Crippen molar-refractivity contribution in [1.29, 1.82) is 0 Å². The van der Waals surface area contributed by atoms with Gasteiger partial charge in [-0.25, -0.2) is 0 Å². The molecule has 7 heteroatoms. The van der Waals surface area contributed by atoms with Gasteiger partial charge in [0.1, 0.15) is 0 Å². The molecule has 1 aromatic carbocycles. The third kappa shape index (κ3) is 3.98. The topological polar surface area (TPSA) is 32.8 Å². The number of carbonyl (C=O) groups excluding carboxylic acids is 1. The Morgan fingerprint density at radius 1 is 1.20 bits per heavy atom. The maximum atomic E-state index is 12.6. The van der Waals surface area contributed by atoms with E-state index in [2.05, 4.69) is 11.8 Å². The van der Waals surface area contributed by atoms with Gasteiger partial charge in [0, 0.05) is 31.2 Å². The third-order valence-electron chi connectivity index (χ3n) is 4.99. The van der Waals surface area contributed by atoms with E-state index in [9.17, 15) is 18.0 Å². The lowest BCUT2D eigenvalue weighted by Gasteiger charge is -2.48. The molecule has 0 radical (unpaired) electrons. The fourth-order valence-corrected chi connectivity index (χ4v) is 3.69. The van der Waals surface area contributed by atoms with Crippen molar-refractivity contribution in [2.75, 3.05) is 32.8 Å². The molecule has 2 saturated heterocycles. The smallest absolute Gasteiger partial charge is 0.378 e. The van der Waals surface area contributed by atoms with Gasteiger partial charge in [0.2, 0.25) is 0 Å². The predicted molar refractivity (Wildman–Crippen MR) is 87.4 cm³/mol. The first-order valence-corrected chi connectivity index (χ1v) is 8.70. The van der Waals surface area contributed by atoms with E-state index >= 15 is 0 Å².